The maximum absolute atomic E-state index is 14.2. The zero-order chi connectivity index (χ0) is 24.9. The molecule has 3 aliphatic heterocycles. The molecule has 2 aromatic heterocycles. The molecule has 9 heteroatoms. The van der Waals surface area contributed by atoms with Gasteiger partial charge in [0.25, 0.3) is 5.56 Å². The molecular formula is C27H27N5O4. The fraction of sp³-hybridized carbons (Fsp3) is 0.370. The number of aromatic nitrogens is 2. The highest BCUT2D eigenvalue weighted by Gasteiger charge is 2.62. The first kappa shape index (κ1) is 22.5. The Labute approximate surface area is 207 Å². The molecule has 4 amide bonds. The minimum Gasteiger partial charge on any atom is -0.352 e. The number of anilines is 1. The van der Waals surface area contributed by atoms with E-state index in [0.29, 0.717) is 36.4 Å². The molecule has 3 aliphatic rings. The van der Waals surface area contributed by atoms with Crippen LogP contribution in [-0.2, 0) is 22.4 Å². The zero-order valence-corrected chi connectivity index (χ0v) is 19.9. The van der Waals surface area contributed by atoms with Gasteiger partial charge < -0.3 is 4.90 Å². The van der Waals surface area contributed by atoms with Crippen molar-refractivity contribution >= 4 is 29.3 Å². The molecule has 0 aliphatic carbocycles. The van der Waals surface area contributed by atoms with Crippen LogP contribution in [0.4, 0.5) is 10.6 Å². The van der Waals surface area contributed by atoms with Crippen LogP contribution in [0.25, 0.3) is 5.65 Å². The van der Waals surface area contributed by atoms with Gasteiger partial charge in [-0.15, -0.1) is 0 Å². The van der Waals surface area contributed by atoms with Gasteiger partial charge >= 0.3 is 6.03 Å². The Bertz CT molecular complexity index is 1440. The number of hydrogen-bond donors (Lipinski definition) is 1. The second-order valence-corrected chi connectivity index (χ2v) is 9.81. The van der Waals surface area contributed by atoms with Gasteiger partial charge in [0.05, 0.1) is 11.6 Å². The summed E-state index contributed by atoms with van der Waals surface area (Å²) in [7, 11) is 0. The van der Waals surface area contributed by atoms with Gasteiger partial charge in [-0.3, -0.25) is 29.0 Å². The number of fused-ring (bicyclic) bond motifs is 5. The predicted molar refractivity (Wildman–Crippen MR) is 133 cm³/mol. The van der Waals surface area contributed by atoms with E-state index in [4.69, 9.17) is 4.98 Å². The quantitative estimate of drug-likeness (QED) is 0.571. The number of nitrogens with one attached hydrogen (secondary N) is 1. The predicted octanol–water partition coefficient (Wildman–Crippen LogP) is 2.31. The Morgan fingerprint density at radius 2 is 1.78 bits per heavy atom. The molecule has 36 heavy (non-hydrogen) atoms. The number of carbonyl (C=O) groups is 3. The molecule has 6 rings (SSSR count). The molecular weight excluding hydrogens is 458 g/mol. The Hall–Kier alpha value is -4.01. The smallest absolute Gasteiger partial charge is 0.330 e. The van der Waals surface area contributed by atoms with Crippen LogP contribution >= 0.6 is 0 Å². The van der Waals surface area contributed by atoms with Crippen molar-refractivity contribution in [2.45, 2.75) is 44.6 Å². The normalized spacial score (nSPS) is 23.9. The van der Waals surface area contributed by atoms with E-state index < -0.39 is 29.3 Å². The standard InChI is InChI=1S/C27H27N5O4/c33-23-19-17-27(24(34)29-26(36)32(25(27)35)16-13-18-9-3-1-4-10-18)20-11-5-2-7-14-30(20)22(19)28-21-12-6-8-15-31(21)23/h1,3-4,6,8-10,12,15,20H,2,5,7,11,13-14,16-17H2,(H,29,34,36)/t20-,27-/m1/s1. The lowest BCUT2D eigenvalue weighted by molar-refractivity contribution is -0.153. The molecule has 1 spiro atoms. The van der Waals surface area contributed by atoms with Gasteiger partial charge in [0, 0.05) is 25.7 Å². The monoisotopic (exact) mass is 485 g/mol. The average molecular weight is 486 g/mol. The summed E-state index contributed by atoms with van der Waals surface area (Å²) >= 11 is 0. The summed E-state index contributed by atoms with van der Waals surface area (Å²) in [5, 5.41) is 2.47. The maximum Gasteiger partial charge on any atom is 0.330 e. The van der Waals surface area contributed by atoms with E-state index in [9.17, 15) is 19.2 Å². The third-order valence-corrected chi connectivity index (χ3v) is 7.82. The van der Waals surface area contributed by atoms with Gasteiger partial charge in [0.15, 0.2) is 5.41 Å². The molecule has 2 fully saturated rings. The molecule has 2 atom stereocenters. The van der Waals surface area contributed by atoms with Crippen molar-refractivity contribution in [1.82, 2.24) is 19.6 Å². The summed E-state index contributed by atoms with van der Waals surface area (Å²) in [4.78, 5) is 62.2. The number of hydrogen-bond acceptors (Lipinski definition) is 6. The first-order valence-corrected chi connectivity index (χ1v) is 12.5. The van der Waals surface area contributed by atoms with Gasteiger partial charge in [-0.25, -0.2) is 9.78 Å². The lowest BCUT2D eigenvalue weighted by Crippen LogP contribution is -2.72. The Morgan fingerprint density at radius 3 is 2.61 bits per heavy atom. The van der Waals surface area contributed by atoms with Crippen LogP contribution in [0, 0.1) is 5.41 Å². The van der Waals surface area contributed by atoms with Crippen molar-refractivity contribution < 1.29 is 14.4 Å². The first-order chi connectivity index (χ1) is 17.5. The summed E-state index contributed by atoms with van der Waals surface area (Å²) in [6.07, 6.45) is 5.33. The molecule has 1 N–H and O–H groups in total. The summed E-state index contributed by atoms with van der Waals surface area (Å²) < 4.78 is 1.45. The minimum absolute atomic E-state index is 0.0764. The molecule has 0 radical (unpaired) electrons. The summed E-state index contributed by atoms with van der Waals surface area (Å²) in [6, 6.07) is 13.8. The van der Waals surface area contributed by atoms with Gasteiger partial charge in [-0.05, 0) is 37.0 Å². The Kier molecular flexibility index (Phi) is 5.35. The summed E-state index contributed by atoms with van der Waals surface area (Å²) in [5.74, 6) is -0.585. The average Bonchev–Trinajstić information content (AvgIpc) is 3.15. The number of urea groups is 1. The second kappa shape index (κ2) is 8.58. The van der Waals surface area contributed by atoms with Gasteiger partial charge in [0.1, 0.15) is 11.5 Å². The minimum atomic E-state index is -1.56. The molecule has 0 bridgehead atoms. The van der Waals surface area contributed by atoms with E-state index in [1.165, 1.54) is 4.40 Å². The van der Waals surface area contributed by atoms with Crippen molar-refractivity contribution in [2.75, 3.05) is 18.0 Å². The molecule has 5 heterocycles. The Morgan fingerprint density at radius 1 is 0.972 bits per heavy atom. The molecule has 9 nitrogen and oxygen atoms in total. The highest BCUT2D eigenvalue weighted by molar-refractivity contribution is 6.20. The van der Waals surface area contributed by atoms with Gasteiger partial charge in [0.2, 0.25) is 11.8 Å². The van der Waals surface area contributed by atoms with Crippen LogP contribution in [0.15, 0.2) is 59.5 Å². The largest absolute Gasteiger partial charge is 0.352 e. The fourth-order valence-corrected chi connectivity index (χ4v) is 6.02. The lowest BCUT2D eigenvalue weighted by Gasteiger charge is -2.50. The second-order valence-electron chi connectivity index (χ2n) is 9.81. The van der Waals surface area contributed by atoms with E-state index in [0.717, 1.165) is 29.7 Å². The number of barbiturate groups is 1. The zero-order valence-electron chi connectivity index (χ0n) is 19.9. The summed E-state index contributed by atoms with van der Waals surface area (Å²) in [6.45, 7) is 0.742. The van der Waals surface area contributed by atoms with E-state index in [2.05, 4.69) is 5.32 Å². The topological polar surface area (TPSA) is 104 Å². The van der Waals surface area contributed by atoms with Crippen LogP contribution in [0.3, 0.4) is 0 Å². The van der Waals surface area contributed by atoms with E-state index >= 15 is 0 Å². The number of pyridine rings is 1. The molecule has 184 valence electrons. The van der Waals surface area contributed by atoms with E-state index in [1.54, 1.807) is 18.3 Å². The number of rotatable bonds is 3. The van der Waals surface area contributed by atoms with Crippen LogP contribution < -0.4 is 15.8 Å². The van der Waals surface area contributed by atoms with Crippen LogP contribution in [0.1, 0.15) is 36.8 Å². The van der Waals surface area contributed by atoms with Crippen molar-refractivity contribution in [1.29, 1.82) is 0 Å². The van der Waals surface area contributed by atoms with Gasteiger partial charge in [-0.2, -0.15) is 0 Å². The molecule has 2 saturated heterocycles. The molecule has 1 aromatic carbocycles. The van der Waals surface area contributed by atoms with Crippen molar-refractivity contribution in [3.8, 4) is 0 Å². The fourth-order valence-electron chi connectivity index (χ4n) is 6.02. The first-order valence-electron chi connectivity index (χ1n) is 12.5. The molecule has 0 unspecified atom stereocenters. The highest BCUT2D eigenvalue weighted by Crippen LogP contribution is 2.45. The number of benzene rings is 1. The lowest BCUT2D eigenvalue weighted by atomic mass is 9.68. The maximum atomic E-state index is 14.2. The summed E-state index contributed by atoms with van der Waals surface area (Å²) in [5.41, 5.74) is 0.0113. The highest BCUT2D eigenvalue weighted by atomic mass is 16.2. The SMILES string of the molecule is O=C1NC(=O)[C@]2(Cc3c(nc4ccccn4c3=O)N3CCCCC[C@@H]32)C(=O)N1CCc1ccccc1. The van der Waals surface area contributed by atoms with Crippen molar-refractivity contribution in [2.24, 2.45) is 5.41 Å². The van der Waals surface area contributed by atoms with Gasteiger partial charge in [-0.1, -0.05) is 49.2 Å². The van der Waals surface area contributed by atoms with E-state index in [-0.39, 0.29) is 18.5 Å². The number of carbonyl (C=O) groups excluding carboxylic acids is 3. The van der Waals surface area contributed by atoms with Crippen molar-refractivity contribution in [3.05, 3.63) is 76.2 Å². The number of nitrogens with zero attached hydrogens (tertiary/aromatic N) is 4. The number of amides is 4. The van der Waals surface area contributed by atoms with Crippen LogP contribution in [-0.4, -0.2) is 51.3 Å². The van der Waals surface area contributed by atoms with E-state index in [1.807, 2.05) is 41.3 Å². The molecule has 0 saturated carbocycles. The third kappa shape index (κ3) is 3.33. The van der Waals surface area contributed by atoms with Crippen LogP contribution in [0.5, 0.6) is 0 Å². The third-order valence-electron chi connectivity index (χ3n) is 7.82. The number of imide groups is 2. The molecule has 3 aromatic rings. The Balaban J connectivity index is 1.47. The van der Waals surface area contributed by atoms with Crippen LogP contribution in [0.2, 0.25) is 0 Å². The van der Waals surface area contributed by atoms with Crippen molar-refractivity contribution in [3.63, 3.8) is 0 Å².